The Bertz CT molecular complexity index is 604. The Morgan fingerprint density at radius 3 is 2.57 bits per heavy atom. The summed E-state index contributed by atoms with van der Waals surface area (Å²) in [5.41, 5.74) is 1.81. The van der Waals surface area contributed by atoms with Gasteiger partial charge in [0.25, 0.3) is 5.91 Å². The van der Waals surface area contributed by atoms with Gasteiger partial charge in [-0.3, -0.25) is 9.59 Å². The van der Waals surface area contributed by atoms with Gasteiger partial charge in [0, 0.05) is 16.2 Å². The lowest BCUT2D eigenvalue weighted by atomic mass is 9.80. The largest absolute Gasteiger partial charge is 0.481 e. The van der Waals surface area contributed by atoms with E-state index in [1.807, 2.05) is 30.8 Å². The van der Waals surface area contributed by atoms with Crippen molar-refractivity contribution < 1.29 is 14.7 Å². The molecule has 2 saturated carbocycles. The highest BCUT2D eigenvalue weighted by molar-refractivity contribution is 8.00. The molecule has 0 spiro atoms. The maximum Gasteiger partial charge on any atom is 0.306 e. The zero-order valence-electron chi connectivity index (χ0n) is 13.4. The first-order chi connectivity index (χ1) is 11.0. The minimum absolute atomic E-state index is 0.00607. The fraction of sp³-hybridized carbons (Fsp3) is 0.556. The van der Waals surface area contributed by atoms with Crippen molar-refractivity contribution in [2.75, 3.05) is 0 Å². The number of nitrogens with one attached hydrogen (secondary N) is 1. The summed E-state index contributed by atoms with van der Waals surface area (Å²) in [6, 6.07) is 6.04. The summed E-state index contributed by atoms with van der Waals surface area (Å²) in [6.45, 7) is 1.99. The highest BCUT2D eigenvalue weighted by atomic mass is 32.2. The zero-order valence-corrected chi connectivity index (χ0v) is 14.2. The van der Waals surface area contributed by atoms with E-state index in [4.69, 9.17) is 5.11 Å². The van der Waals surface area contributed by atoms with Crippen molar-refractivity contribution in [3.8, 4) is 0 Å². The molecule has 0 bridgehead atoms. The number of benzene rings is 1. The molecule has 3 rings (SSSR count). The van der Waals surface area contributed by atoms with Gasteiger partial charge in [0.15, 0.2) is 0 Å². The average Bonchev–Trinajstić information content (AvgIpc) is 2.96. The van der Waals surface area contributed by atoms with Gasteiger partial charge in [-0.05, 0) is 44.7 Å². The van der Waals surface area contributed by atoms with Gasteiger partial charge in [-0.2, -0.15) is 0 Å². The monoisotopic (exact) mass is 333 g/mol. The van der Waals surface area contributed by atoms with Crippen LogP contribution in [0.5, 0.6) is 0 Å². The molecule has 23 heavy (non-hydrogen) atoms. The number of hydrogen-bond donors (Lipinski definition) is 2. The van der Waals surface area contributed by atoms with Crippen molar-refractivity contribution >= 4 is 23.6 Å². The number of rotatable bonds is 5. The molecule has 1 aromatic rings. The van der Waals surface area contributed by atoms with Crippen LogP contribution in [0.4, 0.5) is 0 Å². The van der Waals surface area contributed by atoms with E-state index < -0.39 is 5.97 Å². The lowest BCUT2D eigenvalue weighted by Gasteiger charge is -2.33. The SMILES string of the molecule is Cc1ccc(SC2CCCC2)c(C(=O)NC2CC(C(=O)O)C2)c1. The molecule has 0 aromatic heterocycles. The van der Waals surface area contributed by atoms with E-state index in [0.29, 0.717) is 18.1 Å². The molecule has 2 N–H and O–H groups in total. The van der Waals surface area contributed by atoms with Crippen LogP contribution in [-0.4, -0.2) is 28.3 Å². The van der Waals surface area contributed by atoms with Crippen LogP contribution >= 0.6 is 11.8 Å². The molecule has 0 radical (unpaired) electrons. The maximum absolute atomic E-state index is 12.6. The first-order valence-electron chi connectivity index (χ1n) is 8.34. The van der Waals surface area contributed by atoms with Gasteiger partial charge in [-0.15, -0.1) is 11.8 Å². The fourth-order valence-electron chi connectivity index (χ4n) is 3.31. The number of aryl methyl sites for hydroxylation is 1. The van der Waals surface area contributed by atoms with Crippen LogP contribution in [0, 0.1) is 12.8 Å². The second kappa shape index (κ2) is 6.95. The molecule has 0 saturated heterocycles. The molecule has 2 fully saturated rings. The fourth-order valence-corrected chi connectivity index (χ4v) is 4.66. The van der Waals surface area contributed by atoms with Gasteiger partial charge in [-0.25, -0.2) is 0 Å². The summed E-state index contributed by atoms with van der Waals surface area (Å²) >= 11 is 1.82. The van der Waals surface area contributed by atoms with Crippen molar-refractivity contribution in [3.63, 3.8) is 0 Å². The first-order valence-corrected chi connectivity index (χ1v) is 9.22. The minimum atomic E-state index is -0.761. The van der Waals surface area contributed by atoms with Crippen LogP contribution in [0.25, 0.3) is 0 Å². The maximum atomic E-state index is 12.6. The molecular formula is C18H23NO3S. The number of carbonyl (C=O) groups excluding carboxylic acids is 1. The van der Waals surface area contributed by atoms with Gasteiger partial charge in [0.2, 0.25) is 0 Å². The van der Waals surface area contributed by atoms with E-state index in [2.05, 4.69) is 11.4 Å². The summed E-state index contributed by atoms with van der Waals surface area (Å²) in [5.74, 6) is -1.13. The van der Waals surface area contributed by atoms with E-state index in [1.165, 1.54) is 25.7 Å². The van der Waals surface area contributed by atoms with Crippen molar-refractivity contribution in [2.45, 2.75) is 61.6 Å². The Hall–Kier alpha value is -1.49. The lowest BCUT2D eigenvalue weighted by Crippen LogP contribution is -2.46. The van der Waals surface area contributed by atoms with Crippen LogP contribution in [0.1, 0.15) is 54.4 Å². The van der Waals surface area contributed by atoms with Crippen molar-refractivity contribution in [3.05, 3.63) is 29.3 Å². The standard InChI is InChI=1S/C18H23NO3S/c1-11-6-7-16(23-14-4-2-3-5-14)15(8-11)17(20)19-13-9-12(10-13)18(21)22/h6-8,12-14H,2-5,9-10H2,1H3,(H,19,20)(H,21,22). The number of aliphatic carboxylic acids is 1. The Kier molecular flexibility index (Phi) is 4.95. The highest BCUT2D eigenvalue weighted by Crippen LogP contribution is 2.37. The van der Waals surface area contributed by atoms with E-state index in [1.54, 1.807) is 0 Å². The molecule has 1 amide bonds. The third-order valence-electron chi connectivity index (χ3n) is 4.80. The molecule has 4 nitrogen and oxygen atoms in total. The third-order valence-corrected chi connectivity index (χ3v) is 6.21. The van der Waals surface area contributed by atoms with E-state index in [-0.39, 0.29) is 17.9 Å². The molecule has 0 heterocycles. The zero-order chi connectivity index (χ0) is 16.4. The third kappa shape index (κ3) is 3.89. The predicted molar refractivity (Wildman–Crippen MR) is 90.9 cm³/mol. The summed E-state index contributed by atoms with van der Waals surface area (Å²) in [6.07, 6.45) is 6.09. The van der Waals surface area contributed by atoms with E-state index in [0.717, 1.165) is 16.0 Å². The Morgan fingerprint density at radius 2 is 1.91 bits per heavy atom. The summed E-state index contributed by atoms with van der Waals surface area (Å²) < 4.78 is 0. The Labute approximate surface area is 141 Å². The number of carbonyl (C=O) groups is 2. The van der Waals surface area contributed by atoms with Crippen molar-refractivity contribution in [2.24, 2.45) is 5.92 Å². The van der Waals surface area contributed by atoms with Crippen LogP contribution in [-0.2, 0) is 4.79 Å². The molecule has 0 unspecified atom stereocenters. The Balaban J connectivity index is 1.66. The van der Waals surface area contributed by atoms with Crippen molar-refractivity contribution in [1.82, 2.24) is 5.32 Å². The lowest BCUT2D eigenvalue weighted by molar-refractivity contribution is -0.145. The van der Waals surface area contributed by atoms with Crippen LogP contribution in [0.15, 0.2) is 23.1 Å². The van der Waals surface area contributed by atoms with Crippen LogP contribution in [0.2, 0.25) is 0 Å². The molecule has 0 atom stereocenters. The number of carboxylic acids is 1. The number of amides is 1. The summed E-state index contributed by atoms with van der Waals surface area (Å²) in [7, 11) is 0. The van der Waals surface area contributed by atoms with Gasteiger partial charge >= 0.3 is 5.97 Å². The normalized spacial score (nSPS) is 24.2. The molecule has 0 aliphatic heterocycles. The van der Waals surface area contributed by atoms with Gasteiger partial charge in [0.05, 0.1) is 11.5 Å². The topological polar surface area (TPSA) is 66.4 Å². The molecule has 2 aliphatic rings. The minimum Gasteiger partial charge on any atom is -0.481 e. The first kappa shape index (κ1) is 16.4. The average molecular weight is 333 g/mol. The van der Waals surface area contributed by atoms with Gasteiger partial charge in [-0.1, -0.05) is 24.5 Å². The predicted octanol–water partition coefficient (Wildman–Crippen LogP) is 3.62. The summed E-state index contributed by atoms with van der Waals surface area (Å²) in [4.78, 5) is 24.5. The van der Waals surface area contributed by atoms with Crippen LogP contribution in [0.3, 0.4) is 0 Å². The second-order valence-electron chi connectivity index (χ2n) is 6.70. The molecular weight excluding hydrogens is 310 g/mol. The molecule has 2 aliphatic carbocycles. The van der Waals surface area contributed by atoms with Crippen LogP contribution < -0.4 is 5.32 Å². The quantitative estimate of drug-likeness (QED) is 0.863. The number of carboxylic acid groups (broad SMARTS) is 1. The van der Waals surface area contributed by atoms with Gasteiger partial charge in [0.1, 0.15) is 0 Å². The number of thioether (sulfide) groups is 1. The van der Waals surface area contributed by atoms with Gasteiger partial charge < -0.3 is 10.4 Å². The van der Waals surface area contributed by atoms with E-state index >= 15 is 0 Å². The molecule has 124 valence electrons. The van der Waals surface area contributed by atoms with E-state index in [9.17, 15) is 9.59 Å². The summed E-state index contributed by atoms with van der Waals surface area (Å²) in [5, 5.41) is 12.5. The second-order valence-corrected chi connectivity index (χ2v) is 8.04. The molecule has 1 aromatic carbocycles. The highest BCUT2D eigenvalue weighted by Gasteiger charge is 2.35. The molecule has 5 heteroatoms. The van der Waals surface area contributed by atoms with Crippen molar-refractivity contribution in [1.29, 1.82) is 0 Å². The smallest absolute Gasteiger partial charge is 0.306 e. The number of hydrogen-bond acceptors (Lipinski definition) is 3. The Morgan fingerprint density at radius 1 is 1.22 bits per heavy atom.